The zero-order valence-corrected chi connectivity index (χ0v) is 21.2. The van der Waals surface area contributed by atoms with E-state index in [0.29, 0.717) is 17.7 Å². The second-order valence-electron chi connectivity index (χ2n) is 10.0. The third-order valence-electron chi connectivity index (χ3n) is 6.94. The van der Waals surface area contributed by atoms with E-state index in [1.54, 1.807) is 0 Å². The van der Waals surface area contributed by atoms with E-state index in [0.717, 1.165) is 69.1 Å². The van der Waals surface area contributed by atoms with Crippen LogP contribution >= 0.6 is 11.3 Å². The van der Waals surface area contributed by atoms with Crippen LogP contribution < -0.4 is 19.5 Å². The molecule has 1 N–H and O–H groups in total. The molecule has 1 fully saturated rings. The number of alkyl halides is 4. The monoisotopic (exact) mass is 543 g/mol. The minimum absolute atomic E-state index is 0.0242. The molecule has 0 saturated heterocycles. The molecule has 0 unspecified atom stereocenters. The van der Waals surface area contributed by atoms with Crippen molar-refractivity contribution in [2.45, 2.75) is 70.3 Å². The molecule has 3 aliphatic rings. The molecule has 5 rings (SSSR count). The number of amides is 1. The zero-order valence-electron chi connectivity index (χ0n) is 20.4. The van der Waals surface area contributed by atoms with Crippen molar-refractivity contribution in [3.05, 3.63) is 34.3 Å². The van der Waals surface area contributed by atoms with E-state index in [1.165, 1.54) is 29.5 Å². The van der Waals surface area contributed by atoms with E-state index in [1.807, 2.05) is 0 Å². The predicted molar refractivity (Wildman–Crippen MR) is 128 cm³/mol. The van der Waals surface area contributed by atoms with Crippen LogP contribution in [0.2, 0.25) is 0 Å². The Balaban J connectivity index is 1.05. The van der Waals surface area contributed by atoms with Gasteiger partial charge in [-0.2, -0.15) is 0 Å². The molecule has 0 spiro atoms. The smallest absolute Gasteiger partial charge is 0.464 e. The largest absolute Gasteiger partial charge is 0.586 e. The van der Waals surface area contributed by atoms with Gasteiger partial charge in [-0.25, -0.2) is 13.8 Å². The first-order chi connectivity index (χ1) is 17.5. The van der Waals surface area contributed by atoms with Gasteiger partial charge in [-0.15, -0.1) is 8.78 Å². The molecule has 1 amide bonds. The number of para-hydroxylation sites is 1. The van der Waals surface area contributed by atoms with Crippen LogP contribution in [0.1, 0.15) is 60.0 Å². The Bertz CT molecular complexity index is 1130. The Morgan fingerprint density at radius 2 is 2.05 bits per heavy atom. The molecule has 3 heterocycles. The lowest BCUT2D eigenvalue weighted by molar-refractivity contribution is -0.286. The molecule has 12 heteroatoms. The number of aromatic nitrogens is 1. The van der Waals surface area contributed by atoms with Gasteiger partial charge in [0, 0.05) is 30.9 Å². The predicted octanol–water partition coefficient (Wildman–Crippen LogP) is 5.24. The van der Waals surface area contributed by atoms with Crippen molar-refractivity contribution in [2.75, 3.05) is 19.7 Å². The van der Waals surface area contributed by atoms with Crippen LogP contribution in [-0.4, -0.2) is 53.7 Å². The highest BCUT2D eigenvalue weighted by molar-refractivity contribution is 7.13. The topological polar surface area (TPSA) is 72.9 Å². The summed E-state index contributed by atoms with van der Waals surface area (Å²) in [5, 5.41) is 3.26. The lowest BCUT2D eigenvalue weighted by Gasteiger charge is -2.32. The third-order valence-corrected chi connectivity index (χ3v) is 8.01. The molecule has 1 aliphatic carbocycles. The van der Waals surface area contributed by atoms with E-state index in [9.17, 15) is 22.4 Å². The minimum atomic E-state index is -3.77. The quantitative estimate of drug-likeness (QED) is 0.460. The van der Waals surface area contributed by atoms with E-state index < -0.39 is 24.7 Å². The van der Waals surface area contributed by atoms with Crippen molar-refractivity contribution >= 4 is 17.2 Å². The summed E-state index contributed by atoms with van der Waals surface area (Å²) in [6.07, 6.45) is 1.66. The molecule has 0 atom stereocenters. The van der Waals surface area contributed by atoms with Crippen LogP contribution in [-0.2, 0) is 13.0 Å². The van der Waals surface area contributed by atoms with Crippen molar-refractivity contribution in [3.63, 3.8) is 0 Å². The molecule has 2 aliphatic heterocycles. The maximum absolute atomic E-state index is 13.4. The number of nitrogens with zero attached hydrogens (tertiary/aromatic N) is 2. The number of ether oxygens (including phenoxy) is 3. The van der Waals surface area contributed by atoms with Gasteiger partial charge in [-0.1, -0.05) is 17.4 Å². The van der Waals surface area contributed by atoms with Crippen molar-refractivity contribution in [1.82, 2.24) is 15.2 Å². The Morgan fingerprint density at radius 3 is 2.81 bits per heavy atom. The van der Waals surface area contributed by atoms with Crippen molar-refractivity contribution in [1.29, 1.82) is 0 Å². The van der Waals surface area contributed by atoms with Gasteiger partial charge in [0.1, 0.15) is 0 Å². The summed E-state index contributed by atoms with van der Waals surface area (Å²) in [6, 6.07) is 4.26. The first kappa shape index (κ1) is 26.0. The highest BCUT2D eigenvalue weighted by Gasteiger charge is 2.45. The molecule has 1 aromatic carbocycles. The number of halogens is 4. The number of carbonyl (C=O) groups excluding carboxylic acids is 1. The van der Waals surface area contributed by atoms with Gasteiger partial charge in [0.2, 0.25) is 0 Å². The highest BCUT2D eigenvalue weighted by Crippen LogP contribution is 2.43. The summed E-state index contributed by atoms with van der Waals surface area (Å²) in [6.45, 7) is 2.67. The standard InChI is InChI=1S/C25H29F4N3O4S/c1-24(26,27)14-34-23-31-18-13-32(12-10-20(18)37-23)11-9-15-5-7-16(8-6-15)30-22(33)17-3-2-4-19-21(17)36-25(28,29)35-19/h2-4,15-16H,5-14H2,1H3,(H,30,33)/t15-,16-. The zero-order chi connectivity index (χ0) is 26.2. The molecular weight excluding hydrogens is 514 g/mol. The maximum Gasteiger partial charge on any atom is 0.586 e. The SMILES string of the molecule is CC(F)(F)COc1nc2c(s1)CCN(CC[C@H]1CC[C@H](NC(=O)c3cccc4c3OC(F)(F)O4)CC1)C2. The van der Waals surface area contributed by atoms with E-state index in [4.69, 9.17) is 4.74 Å². The molecule has 2 aromatic rings. The number of benzene rings is 1. The van der Waals surface area contributed by atoms with Crippen LogP contribution in [0.4, 0.5) is 17.6 Å². The van der Waals surface area contributed by atoms with Crippen LogP contribution in [0.3, 0.4) is 0 Å². The number of nitrogens with one attached hydrogen (secondary N) is 1. The molecule has 37 heavy (non-hydrogen) atoms. The molecule has 0 radical (unpaired) electrons. The Hall–Kier alpha value is -2.60. The molecular formula is C25H29F4N3O4S. The summed E-state index contributed by atoms with van der Waals surface area (Å²) in [4.78, 5) is 20.6. The fourth-order valence-electron chi connectivity index (χ4n) is 5.04. The summed E-state index contributed by atoms with van der Waals surface area (Å²) in [5.74, 6) is -3.17. The average Bonchev–Trinajstić information content (AvgIpc) is 3.39. The number of hydrogen-bond donors (Lipinski definition) is 1. The number of carbonyl (C=O) groups is 1. The van der Waals surface area contributed by atoms with Crippen molar-refractivity contribution in [3.8, 4) is 16.7 Å². The van der Waals surface area contributed by atoms with Gasteiger partial charge in [-0.05, 0) is 63.1 Å². The average molecular weight is 544 g/mol. The highest BCUT2D eigenvalue weighted by atomic mass is 32.1. The van der Waals surface area contributed by atoms with Gasteiger partial charge < -0.3 is 19.5 Å². The van der Waals surface area contributed by atoms with Crippen molar-refractivity contribution in [2.24, 2.45) is 5.92 Å². The minimum Gasteiger partial charge on any atom is -0.464 e. The van der Waals surface area contributed by atoms with Gasteiger partial charge in [-0.3, -0.25) is 9.69 Å². The Morgan fingerprint density at radius 1 is 1.27 bits per heavy atom. The molecule has 7 nitrogen and oxygen atoms in total. The van der Waals surface area contributed by atoms with E-state index >= 15 is 0 Å². The van der Waals surface area contributed by atoms with Crippen LogP contribution in [0.5, 0.6) is 16.7 Å². The third kappa shape index (κ3) is 6.46. The first-order valence-corrected chi connectivity index (χ1v) is 13.3. The first-order valence-electron chi connectivity index (χ1n) is 12.5. The number of hydrogen-bond acceptors (Lipinski definition) is 7. The molecule has 202 valence electrons. The molecule has 0 bridgehead atoms. The summed E-state index contributed by atoms with van der Waals surface area (Å²) in [5.41, 5.74) is 0.955. The second kappa shape index (κ2) is 10.3. The fraction of sp³-hybridized carbons (Fsp3) is 0.600. The Kier molecular flexibility index (Phi) is 7.23. The summed E-state index contributed by atoms with van der Waals surface area (Å²) < 4.78 is 67.1. The van der Waals surface area contributed by atoms with Gasteiger partial charge in [0.05, 0.1) is 11.3 Å². The van der Waals surface area contributed by atoms with Gasteiger partial charge in [0.25, 0.3) is 17.0 Å². The van der Waals surface area contributed by atoms with Crippen LogP contribution in [0, 0.1) is 5.92 Å². The number of thiazole rings is 1. The lowest BCUT2D eigenvalue weighted by atomic mass is 9.84. The van der Waals surface area contributed by atoms with Crippen LogP contribution in [0.15, 0.2) is 18.2 Å². The van der Waals surface area contributed by atoms with Gasteiger partial charge >= 0.3 is 6.29 Å². The second-order valence-corrected chi connectivity index (χ2v) is 11.1. The maximum atomic E-state index is 13.4. The molecule has 1 aromatic heterocycles. The normalized spacial score (nSPS) is 22.9. The van der Waals surface area contributed by atoms with Gasteiger partial charge in [0.15, 0.2) is 18.1 Å². The van der Waals surface area contributed by atoms with E-state index in [-0.39, 0.29) is 23.1 Å². The number of rotatable bonds is 8. The van der Waals surface area contributed by atoms with Crippen molar-refractivity contribution < 1.29 is 36.6 Å². The number of fused-ring (bicyclic) bond motifs is 2. The lowest BCUT2D eigenvalue weighted by Crippen LogP contribution is -2.38. The van der Waals surface area contributed by atoms with E-state index in [2.05, 4.69) is 24.7 Å². The molecule has 1 saturated carbocycles. The Labute approximate surface area is 216 Å². The summed E-state index contributed by atoms with van der Waals surface area (Å²) in [7, 11) is 0. The van der Waals surface area contributed by atoms with Crippen LogP contribution in [0.25, 0.3) is 0 Å². The summed E-state index contributed by atoms with van der Waals surface area (Å²) >= 11 is 1.35. The fourth-order valence-corrected chi connectivity index (χ4v) is 5.95.